The number of nitriles is 2. The van der Waals surface area contributed by atoms with Crippen LogP contribution >= 0.6 is 0 Å². The normalized spacial score (nSPS) is 14.0. The minimum Gasteiger partial charge on any atom is -0.323 e. The minimum absolute atomic E-state index is 0.122. The highest BCUT2D eigenvalue weighted by molar-refractivity contribution is 7.88. The highest BCUT2D eigenvalue weighted by Crippen LogP contribution is 2.21. The lowest BCUT2D eigenvalue weighted by atomic mass is 9.89. The lowest BCUT2D eigenvalue weighted by Gasteiger charge is -2.23. The van der Waals surface area contributed by atoms with Crippen LogP contribution < -0.4 is 10.6 Å². The van der Waals surface area contributed by atoms with E-state index in [1.54, 1.807) is 20.0 Å². The number of hydrogen-bond acceptors (Lipinski definition) is 6. The molecule has 0 fully saturated rings. The number of nitrogens with zero attached hydrogens (tertiary/aromatic N) is 2. The molecule has 0 saturated heterocycles. The lowest BCUT2D eigenvalue weighted by molar-refractivity contribution is -0.128. The summed E-state index contributed by atoms with van der Waals surface area (Å²) in [6.07, 6.45) is 4.59. The second-order valence-electron chi connectivity index (χ2n) is 7.28. The minimum atomic E-state index is -1.15. The monoisotopic (exact) mass is 388 g/mol. The van der Waals surface area contributed by atoms with Crippen LogP contribution in [0.25, 0.3) is 0 Å². The van der Waals surface area contributed by atoms with Crippen LogP contribution in [0.4, 0.5) is 0 Å². The second kappa shape index (κ2) is 11.2. The highest BCUT2D eigenvalue weighted by atomic mass is 32.2. The first-order valence-electron chi connectivity index (χ1n) is 8.05. The summed E-state index contributed by atoms with van der Waals surface area (Å²) < 4.78 is 24.1. The second-order valence-corrected chi connectivity index (χ2v) is 10.7. The molecule has 7 nitrogen and oxygen atoms in total. The fraction of sp³-hybridized carbons (Fsp3) is 0.812. The molecule has 25 heavy (non-hydrogen) atoms. The van der Waals surface area contributed by atoms with Gasteiger partial charge in [0.2, 0.25) is 5.91 Å². The summed E-state index contributed by atoms with van der Waals surface area (Å²) >= 11 is 0. The van der Waals surface area contributed by atoms with Crippen LogP contribution in [0.15, 0.2) is 0 Å². The Morgan fingerprint density at radius 2 is 1.44 bits per heavy atom. The first-order valence-corrected chi connectivity index (χ1v) is 11.0. The average Bonchev–Trinajstić information content (AvgIpc) is 2.55. The zero-order chi connectivity index (χ0) is 19.5. The van der Waals surface area contributed by atoms with Gasteiger partial charge < -0.3 is 5.32 Å². The molecule has 142 valence electrons. The Bertz CT molecular complexity index is 577. The Balaban J connectivity index is 4.14. The van der Waals surface area contributed by atoms with Crippen molar-refractivity contribution in [2.75, 3.05) is 29.6 Å². The predicted molar refractivity (Wildman–Crippen MR) is 99.9 cm³/mol. The van der Waals surface area contributed by atoms with Crippen LogP contribution in [0.3, 0.4) is 0 Å². The van der Waals surface area contributed by atoms with Gasteiger partial charge >= 0.3 is 0 Å². The third kappa shape index (κ3) is 10.9. The van der Waals surface area contributed by atoms with Crippen LogP contribution in [0.2, 0.25) is 0 Å². The molecule has 0 spiro atoms. The number of amides is 1. The van der Waals surface area contributed by atoms with E-state index in [4.69, 9.17) is 10.5 Å². The van der Waals surface area contributed by atoms with Crippen molar-refractivity contribution in [3.8, 4) is 12.4 Å². The summed E-state index contributed by atoms with van der Waals surface area (Å²) in [6.45, 7) is 7.94. The van der Waals surface area contributed by atoms with Crippen LogP contribution in [0, 0.1) is 33.7 Å². The van der Waals surface area contributed by atoms with Crippen LogP contribution in [-0.4, -0.2) is 43.9 Å². The molecular weight excluding hydrogens is 360 g/mol. The Hall–Kier alpha value is -1.45. The maximum atomic E-state index is 12.1. The van der Waals surface area contributed by atoms with E-state index < -0.39 is 27.0 Å². The summed E-state index contributed by atoms with van der Waals surface area (Å²) in [5.41, 5.74) is -0.884. The molecule has 0 rings (SSSR count). The molecule has 9 heteroatoms. The first kappa shape index (κ1) is 23.5. The summed E-state index contributed by atoms with van der Waals surface area (Å²) in [6, 6.07) is 0. The zero-order valence-corrected chi connectivity index (χ0v) is 17.0. The molecule has 2 N–H and O–H groups in total. The van der Waals surface area contributed by atoms with Gasteiger partial charge in [-0.15, -0.1) is 0 Å². The molecule has 0 aromatic rings. The molecule has 0 aliphatic rings. The molecule has 0 radical (unpaired) electrons. The van der Waals surface area contributed by atoms with Crippen molar-refractivity contribution < 1.29 is 13.2 Å². The Labute approximate surface area is 155 Å². The van der Waals surface area contributed by atoms with E-state index in [0.717, 1.165) is 0 Å². The smallest absolute Gasteiger partial charge is 0.238 e. The zero-order valence-electron chi connectivity index (χ0n) is 15.4. The fourth-order valence-corrected chi connectivity index (χ4v) is 5.26. The molecule has 0 bridgehead atoms. The summed E-state index contributed by atoms with van der Waals surface area (Å²) in [4.78, 5) is 11.7. The molecule has 0 heterocycles. The maximum absolute atomic E-state index is 12.1. The standard InChI is InChI=1S/C16H28N4O3S2/c1-15(2,11-19-12-17)5-7-24(22)9-10-25(23)8-6-16(3,4)14(21)20-13-18/h19H,5-11H2,1-4H3,(H,20,21). The van der Waals surface area contributed by atoms with Gasteiger partial charge in [-0.3, -0.25) is 18.5 Å². The van der Waals surface area contributed by atoms with Crippen LogP contribution in [0.5, 0.6) is 0 Å². The van der Waals surface area contributed by atoms with Crippen molar-refractivity contribution in [1.82, 2.24) is 10.6 Å². The largest absolute Gasteiger partial charge is 0.323 e. The van der Waals surface area contributed by atoms with E-state index in [9.17, 15) is 13.2 Å². The molecule has 2 atom stereocenters. The average molecular weight is 389 g/mol. The lowest BCUT2D eigenvalue weighted by Crippen LogP contribution is -2.35. The van der Waals surface area contributed by atoms with Gasteiger partial charge in [0.15, 0.2) is 12.4 Å². The van der Waals surface area contributed by atoms with Crippen LogP contribution in [-0.2, 0) is 26.4 Å². The van der Waals surface area contributed by atoms with Crippen molar-refractivity contribution in [2.24, 2.45) is 10.8 Å². The van der Waals surface area contributed by atoms with Gasteiger partial charge in [0, 0.05) is 56.6 Å². The molecular formula is C16H28N4O3S2. The van der Waals surface area contributed by atoms with E-state index in [0.29, 0.717) is 42.4 Å². The fourth-order valence-electron chi connectivity index (χ4n) is 1.85. The van der Waals surface area contributed by atoms with Gasteiger partial charge in [0.05, 0.1) is 0 Å². The molecule has 0 aromatic carbocycles. The highest BCUT2D eigenvalue weighted by Gasteiger charge is 2.28. The third-order valence-corrected chi connectivity index (χ3v) is 6.83. The molecule has 1 amide bonds. The molecule has 0 aliphatic carbocycles. The summed E-state index contributed by atoms with van der Waals surface area (Å²) in [7, 11) is -2.20. The number of carbonyl (C=O) groups excluding carboxylic acids is 1. The number of hydrogen-bond donors (Lipinski definition) is 2. The van der Waals surface area contributed by atoms with Crippen molar-refractivity contribution in [3.63, 3.8) is 0 Å². The predicted octanol–water partition coefficient (Wildman–Crippen LogP) is 0.984. The topological polar surface area (TPSA) is 123 Å². The quantitative estimate of drug-likeness (QED) is 0.379. The van der Waals surface area contributed by atoms with Crippen LogP contribution in [0.1, 0.15) is 40.5 Å². The SMILES string of the molecule is CC(C)(CCS(=O)CCS(=O)CCC(C)(C)C(=O)NC#N)CNC#N. The van der Waals surface area contributed by atoms with Gasteiger partial charge in [-0.1, -0.05) is 27.7 Å². The van der Waals surface area contributed by atoms with Gasteiger partial charge in [0.25, 0.3) is 0 Å². The molecule has 0 aromatic heterocycles. The third-order valence-electron chi connectivity index (χ3n) is 3.93. The van der Waals surface area contributed by atoms with Gasteiger partial charge in [0.1, 0.15) is 0 Å². The number of nitrogens with one attached hydrogen (secondary N) is 2. The molecule has 0 aliphatic heterocycles. The first-order chi connectivity index (χ1) is 11.5. The number of carbonyl (C=O) groups is 1. The van der Waals surface area contributed by atoms with E-state index in [1.165, 1.54) is 0 Å². The molecule has 2 unspecified atom stereocenters. The Kier molecular flexibility index (Phi) is 10.6. The van der Waals surface area contributed by atoms with Gasteiger partial charge in [-0.05, 0) is 18.3 Å². The Morgan fingerprint density at radius 3 is 1.92 bits per heavy atom. The van der Waals surface area contributed by atoms with Crippen molar-refractivity contribution in [2.45, 2.75) is 40.5 Å². The van der Waals surface area contributed by atoms with Crippen molar-refractivity contribution in [1.29, 1.82) is 10.5 Å². The summed E-state index contributed by atoms with van der Waals surface area (Å²) in [5, 5.41) is 21.7. The summed E-state index contributed by atoms with van der Waals surface area (Å²) in [5.74, 6) is 1.15. The Morgan fingerprint density at radius 1 is 0.920 bits per heavy atom. The number of rotatable bonds is 12. The van der Waals surface area contributed by atoms with Crippen molar-refractivity contribution >= 4 is 27.5 Å². The van der Waals surface area contributed by atoms with Gasteiger partial charge in [-0.2, -0.15) is 10.5 Å². The molecule has 0 saturated carbocycles. The van der Waals surface area contributed by atoms with E-state index in [2.05, 4.69) is 10.6 Å². The maximum Gasteiger partial charge on any atom is 0.238 e. The van der Waals surface area contributed by atoms with E-state index in [-0.39, 0.29) is 11.3 Å². The van der Waals surface area contributed by atoms with Gasteiger partial charge in [-0.25, -0.2) is 0 Å². The van der Waals surface area contributed by atoms with E-state index in [1.807, 2.05) is 20.0 Å². The van der Waals surface area contributed by atoms with E-state index >= 15 is 0 Å². The van der Waals surface area contributed by atoms with Crippen molar-refractivity contribution in [3.05, 3.63) is 0 Å².